The van der Waals surface area contributed by atoms with Gasteiger partial charge in [0, 0.05) is 36.3 Å². The van der Waals surface area contributed by atoms with Crippen molar-refractivity contribution in [3.8, 4) is 0 Å². The molecule has 0 bridgehead atoms. The highest BCUT2D eigenvalue weighted by Gasteiger charge is 2.37. The molecule has 0 saturated carbocycles. The van der Waals surface area contributed by atoms with E-state index in [4.69, 9.17) is 14.7 Å². The third-order valence-electron chi connectivity index (χ3n) is 7.42. The first kappa shape index (κ1) is 28.3. The number of ether oxygens (including phenoxy) is 1. The molecule has 0 amide bonds. The Morgan fingerprint density at radius 1 is 1.05 bits per heavy atom. The molecule has 4 aromatic rings. The number of hydrogen-bond acceptors (Lipinski definition) is 5. The van der Waals surface area contributed by atoms with Gasteiger partial charge in [-0.15, -0.1) is 0 Å². The van der Waals surface area contributed by atoms with Crippen molar-refractivity contribution in [1.82, 2.24) is 14.5 Å². The molecular weight excluding hydrogens is 510 g/mol. The van der Waals surface area contributed by atoms with Gasteiger partial charge in [0.05, 0.1) is 19.7 Å². The number of aromatic nitrogens is 4. The summed E-state index contributed by atoms with van der Waals surface area (Å²) in [6, 6.07) is 16.5. The van der Waals surface area contributed by atoms with Crippen molar-refractivity contribution >= 4 is 40.1 Å². The van der Waals surface area contributed by atoms with Crippen LogP contribution in [0.25, 0.3) is 28.4 Å². The quantitative estimate of drug-likeness (QED) is 0.251. The van der Waals surface area contributed by atoms with E-state index in [-0.39, 0.29) is 23.8 Å². The summed E-state index contributed by atoms with van der Waals surface area (Å²) in [7, 11) is 2.13. The zero-order valence-corrected chi connectivity index (χ0v) is 24.1. The molecule has 0 aliphatic carbocycles. The number of benzene rings is 2. The molecule has 0 radical (unpaired) electrons. The fourth-order valence-electron chi connectivity index (χ4n) is 5.56. The summed E-state index contributed by atoms with van der Waals surface area (Å²) in [5, 5.41) is 0. The van der Waals surface area contributed by atoms with Crippen LogP contribution >= 0.6 is 0 Å². The Morgan fingerprint density at radius 2 is 1.74 bits per heavy atom. The Hall–Kier alpha value is -3.71. The van der Waals surface area contributed by atoms with E-state index in [0.29, 0.717) is 26.0 Å². The lowest BCUT2D eigenvalue weighted by Gasteiger charge is -2.23. The Kier molecular flexibility index (Phi) is 8.40. The molecule has 5 rings (SSSR count). The van der Waals surface area contributed by atoms with Crippen molar-refractivity contribution in [1.29, 1.82) is 0 Å². The number of imidazole rings is 1. The summed E-state index contributed by atoms with van der Waals surface area (Å²) < 4.78 is 9.54. The number of para-hydroxylation sites is 3. The number of rotatable bonds is 8. The van der Waals surface area contributed by atoms with Gasteiger partial charge >= 0.3 is 11.6 Å². The normalized spacial score (nSPS) is 15.3. The number of allylic oxidation sites excluding steroid dienone is 3. The van der Waals surface area contributed by atoms with Crippen LogP contribution in [0.2, 0.25) is 0 Å². The number of hydrogen-bond donors (Lipinski definition) is 0. The van der Waals surface area contributed by atoms with Gasteiger partial charge in [-0.3, -0.25) is 4.79 Å². The zero-order chi connectivity index (χ0) is 26.9. The summed E-state index contributed by atoms with van der Waals surface area (Å²) in [5.74, 6) is 0.839. The van der Waals surface area contributed by atoms with Gasteiger partial charge in [-0.1, -0.05) is 55.2 Å². The lowest BCUT2D eigenvalue weighted by Crippen LogP contribution is -3.00. The minimum Gasteiger partial charge on any atom is -1.00 e. The van der Waals surface area contributed by atoms with E-state index >= 15 is 0 Å². The van der Waals surface area contributed by atoms with E-state index in [1.807, 2.05) is 31.2 Å². The minimum atomic E-state index is -0.170. The van der Waals surface area contributed by atoms with E-state index < -0.39 is 0 Å². The number of carbonyl (C=O) groups excluding carboxylic acids is 1. The number of nitrogens with zero attached hydrogens (tertiary/aromatic N) is 5. The summed E-state index contributed by atoms with van der Waals surface area (Å²) in [6.45, 7) is 10.3. The highest BCUT2D eigenvalue weighted by molar-refractivity contribution is 5.82. The number of aryl methyl sites for hydroxylation is 2. The lowest BCUT2D eigenvalue weighted by molar-refractivity contribution is -0.676. The number of fused-ring (bicyclic) bond motifs is 3. The molecule has 1 aliphatic rings. The first-order valence-corrected chi connectivity index (χ1v) is 13.4. The number of halogens is 1. The van der Waals surface area contributed by atoms with Crippen LogP contribution in [0.3, 0.4) is 0 Å². The van der Waals surface area contributed by atoms with Gasteiger partial charge in [0.15, 0.2) is 5.52 Å². The fraction of sp³-hybridized carbons (Fsp3) is 0.355. The largest absolute Gasteiger partial charge is 1.00 e. The van der Waals surface area contributed by atoms with E-state index in [9.17, 15) is 4.79 Å². The number of esters is 1. The van der Waals surface area contributed by atoms with E-state index in [2.05, 4.69) is 84.3 Å². The third kappa shape index (κ3) is 5.15. The van der Waals surface area contributed by atoms with Crippen LogP contribution in [-0.2, 0) is 28.0 Å². The molecule has 0 spiro atoms. The second kappa shape index (κ2) is 11.6. The van der Waals surface area contributed by atoms with Gasteiger partial charge in [-0.2, -0.15) is 0 Å². The topological polar surface area (TPSA) is 64.1 Å². The second-order valence-corrected chi connectivity index (χ2v) is 10.1. The maximum absolute atomic E-state index is 12.0. The SMILES string of the molecule is CCOC(=O)CCC[n+]1c(/C=C/C=C2/N(C)c3ccccc3C2(C)C)n(CC)c2nc3ccccc3nc21.[Cl-]. The zero-order valence-electron chi connectivity index (χ0n) is 23.3. The van der Waals surface area contributed by atoms with Crippen molar-refractivity contribution in [2.45, 2.75) is 59.0 Å². The standard InChI is InChI=1S/C31H36N5O2.ClH/c1-6-35-27(19-12-18-26-31(3,4)22-14-8-11-17-25(22)34(26)5)36(21-13-20-28(37)38-7-2)30-29(35)32-23-15-9-10-16-24(23)33-30;/h8-12,14-19H,6-7,13,20-21H2,1-5H3;1H/q+1;/p-1. The van der Waals surface area contributed by atoms with Crippen LogP contribution in [0, 0.1) is 0 Å². The lowest BCUT2D eigenvalue weighted by atomic mass is 9.84. The van der Waals surface area contributed by atoms with Crippen LogP contribution in [-0.4, -0.2) is 34.2 Å². The molecular formula is C31H36ClN5O2. The van der Waals surface area contributed by atoms with Crippen LogP contribution in [0.4, 0.5) is 5.69 Å². The van der Waals surface area contributed by atoms with Gasteiger partial charge < -0.3 is 22.0 Å². The van der Waals surface area contributed by atoms with Crippen LogP contribution < -0.4 is 21.9 Å². The Morgan fingerprint density at radius 3 is 2.44 bits per heavy atom. The van der Waals surface area contributed by atoms with Crippen molar-refractivity contribution in [2.24, 2.45) is 0 Å². The summed E-state index contributed by atoms with van der Waals surface area (Å²) in [5.41, 5.74) is 7.13. The highest BCUT2D eigenvalue weighted by Crippen LogP contribution is 2.46. The Balaban J connectivity index is 0.00000353. The summed E-state index contributed by atoms with van der Waals surface area (Å²) in [6.07, 6.45) is 7.50. The van der Waals surface area contributed by atoms with Gasteiger partial charge in [0.2, 0.25) is 5.82 Å². The van der Waals surface area contributed by atoms with Crippen molar-refractivity contribution in [2.75, 3.05) is 18.6 Å². The molecule has 2 aromatic carbocycles. The number of likely N-dealkylation sites (N-methyl/N-ethyl adjacent to an activating group) is 1. The molecule has 0 saturated heterocycles. The average molecular weight is 546 g/mol. The van der Waals surface area contributed by atoms with E-state index in [1.54, 1.807) is 0 Å². The summed E-state index contributed by atoms with van der Waals surface area (Å²) >= 11 is 0. The number of carbonyl (C=O) groups is 1. The van der Waals surface area contributed by atoms with Crippen molar-refractivity contribution in [3.05, 3.63) is 77.8 Å². The first-order chi connectivity index (χ1) is 18.4. The monoisotopic (exact) mass is 545 g/mol. The van der Waals surface area contributed by atoms with Gasteiger partial charge in [-0.25, -0.2) is 14.1 Å². The molecule has 0 unspecified atom stereocenters. The molecule has 0 atom stereocenters. The molecule has 1 aliphatic heterocycles. The molecule has 8 heteroatoms. The second-order valence-electron chi connectivity index (χ2n) is 10.1. The first-order valence-electron chi connectivity index (χ1n) is 13.4. The highest BCUT2D eigenvalue weighted by atomic mass is 35.5. The number of anilines is 1. The van der Waals surface area contributed by atoms with Crippen LogP contribution in [0.5, 0.6) is 0 Å². The molecule has 0 N–H and O–H groups in total. The van der Waals surface area contributed by atoms with Gasteiger partial charge in [-0.05, 0) is 50.1 Å². The fourth-order valence-corrected chi connectivity index (χ4v) is 5.56. The molecule has 0 fully saturated rings. The predicted octanol–water partition coefficient (Wildman–Crippen LogP) is 2.56. The Labute approximate surface area is 236 Å². The smallest absolute Gasteiger partial charge is 0.323 e. The average Bonchev–Trinajstić information content (AvgIpc) is 3.30. The van der Waals surface area contributed by atoms with Crippen LogP contribution in [0.1, 0.15) is 51.9 Å². The van der Waals surface area contributed by atoms with Gasteiger partial charge in [0.1, 0.15) is 5.52 Å². The molecule has 204 valence electrons. The summed E-state index contributed by atoms with van der Waals surface area (Å²) in [4.78, 5) is 24.3. The van der Waals surface area contributed by atoms with E-state index in [1.165, 1.54) is 16.9 Å². The maximum Gasteiger partial charge on any atom is 0.323 e. The predicted molar refractivity (Wildman–Crippen MR) is 152 cm³/mol. The van der Waals surface area contributed by atoms with Gasteiger partial charge in [0.25, 0.3) is 5.65 Å². The molecule has 7 nitrogen and oxygen atoms in total. The van der Waals surface area contributed by atoms with E-state index in [0.717, 1.165) is 34.7 Å². The van der Waals surface area contributed by atoms with Crippen molar-refractivity contribution in [3.63, 3.8) is 0 Å². The Bertz CT molecular complexity index is 1570. The molecule has 39 heavy (non-hydrogen) atoms. The molecule has 2 aromatic heterocycles. The van der Waals surface area contributed by atoms with Crippen molar-refractivity contribution < 1.29 is 26.5 Å². The minimum absolute atomic E-state index is 0. The maximum atomic E-state index is 12.0. The molecule has 3 heterocycles. The van der Waals surface area contributed by atoms with Crippen LogP contribution in [0.15, 0.2) is 66.4 Å². The third-order valence-corrected chi connectivity index (χ3v) is 7.42.